The van der Waals surface area contributed by atoms with Crippen LogP contribution >= 0.6 is 11.6 Å². The van der Waals surface area contributed by atoms with E-state index in [-0.39, 0.29) is 17.1 Å². The maximum absolute atomic E-state index is 13.4. The number of halogens is 1. The second-order valence-electron chi connectivity index (χ2n) is 6.14. The van der Waals surface area contributed by atoms with Crippen molar-refractivity contribution in [2.45, 2.75) is 4.90 Å². The van der Waals surface area contributed by atoms with E-state index in [2.05, 4.69) is 5.32 Å². The zero-order chi connectivity index (χ0) is 20.9. The lowest BCUT2D eigenvalue weighted by atomic mass is 10.3. The molecule has 0 radical (unpaired) electrons. The van der Waals surface area contributed by atoms with Crippen molar-refractivity contribution < 1.29 is 27.4 Å². The van der Waals surface area contributed by atoms with Crippen LogP contribution in [-0.4, -0.2) is 54.3 Å². The summed E-state index contributed by atoms with van der Waals surface area (Å²) in [5.41, 5.74) is 0.272. The highest BCUT2D eigenvalue weighted by Gasteiger charge is 2.29. The first-order valence-electron chi connectivity index (χ1n) is 8.85. The van der Waals surface area contributed by atoms with Crippen LogP contribution in [0.25, 0.3) is 0 Å². The van der Waals surface area contributed by atoms with Crippen LogP contribution in [0.2, 0.25) is 5.02 Å². The average molecular weight is 441 g/mol. The Morgan fingerprint density at radius 1 is 1.17 bits per heavy atom. The molecule has 29 heavy (non-hydrogen) atoms. The molecule has 0 saturated heterocycles. The zero-order valence-corrected chi connectivity index (χ0v) is 17.3. The van der Waals surface area contributed by atoms with Crippen molar-refractivity contribution >= 4 is 33.2 Å². The fourth-order valence-electron chi connectivity index (χ4n) is 2.74. The number of rotatable bonds is 8. The molecule has 0 bridgehead atoms. The molecule has 0 saturated carbocycles. The Balaban J connectivity index is 1.94. The summed E-state index contributed by atoms with van der Waals surface area (Å²) in [6.45, 7) is 0.896. The Labute approximate surface area is 174 Å². The van der Waals surface area contributed by atoms with Crippen molar-refractivity contribution in [2.75, 3.05) is 44.3 Å². The molecule has 0 atom stereocenters. The number of anilines is 1. The molecular weight excluding hydrogens is 420 g/mol. The number of hydrogen-bond acceptors (Lipinski definition) is 6. The molecule has 1 heterocycles. The smallest absolute Gasteiger partial charge is 0.264 e. The van der Waals surface area contributed by atoms with E-state index in [9.17, 15) is 13.2 Å². The van der Waals surface area contributed by atoms with Crippen LogP contribution in [0.5, 0.6) is 11.5 Å². The number of nitrogens with zero attached hydrogens (tertiary/aromatic N) is 1. The topological polar surface area (TPSA) is 94.2 Å². The van der Waals surface area contributed by atoms with E-state index in [1.165, 1.54) is 31.4 Å². The number of sulfonamides is 1. The molecule has 10 heteroatoms. The van der Waals surface area contributed by atoms with Crippen LogP contribution in [0.4, 0.5) is 5.69 Å². The first kappa shape index (κ1) is 21.2. The fourth-order valence-corrected chi connectivity index (χ4v) is 4.35. The molecule has 1 amide bonds. The van der Waals surface area contributed by atoms with Gasteiger partial charge in [0.15, 0.2) is 11.5 Å². The number of carbonyl (C=O) groups excluding carboxylic acids is 1. The molecule has 0 spiro atoms. The number of amides is 1. The molecular formula is C19H21ClN2O6S. The molecule has 1 aliphatic heterocycles. The largest absolute Gasteiger partial charge is 0.486 e. The number of carbonyl (C=O) groups is 1. The molecule has 8 nitrogen and oxygen atoms in total. The fraction of sp³-hybridized carbons (Fsp3) is 0.316. The van der Waals surface area contributed by atoms with Crippen molar-refractivity contribution in [3.8, 4) is 11.5 Å². The van der Waals surface area contributed by atoms with Gasteiger partial charge in [0.25, 0.3) is 10.0 Å². The predicted molar refractivity (Wildman–Crippen MR) is 108 cm³/mol. The second-order valence-corrected chi connectivity index (χ2v) is 8.44. The molecule has 1 N–H and O–H groups in total. The number of benzene rings is 2. The van der Waals surface area contributed by atoms with Crippen LogP contribution in [0.1, 0.15) is 0 Å². The third kappa shape index (κ3) is 5.11. The van der Waals surface area contributed by atoms with Crippen molar-refractivity contribution in [1.82, 2.24) is 5.32 Å². The van der Waals surface area contributed by atoms with E-state index in [4.69, 9.17) is 25.8 Å². The number of nitrogens with one attached hydrogen (secondary N) is 1. The summed E-state index contributed by atoms with van der Waals surface area (Å²) in [6.07, 6.45) is 0. The van der Waals surface area contributed by atoms with Crippen molar-refractivity contribution in [2.24, 2.45) is 0 Å². The van der Waals surface area contributed by atoms with Gasteiger partial charge < -0.3 is 19.5 Å². The highest BCUT2D eigenvalue weighted by atomic mass is 35.5. The molecule has 0 aromatic heterocycles. The van der Waals surface area contributed by atoms with Gasteiger partial charge in [-0.15, -0.1) is 0 Å². The van der Waals surface area contributed by atoms with E-state index in [0.717, 1.165) is 4.31 Å². The maximum atomic E-state index is 13.4. The van der Waals surface area contributed by atoms with Crippen molar-refractivity contribution in [3.63, 3.8) is 0 Å². The SMILES string of the molecule is COCCNC(=O)CN(c1cccc(Cl)c1)S(=O)(=O)c1ccc2c(c1)OCCO2. The summed E-state index contributed by atoms with van der Waals surface area (Å²) in [5.74, 6) is 0.345. The van der Waals surface area contributed by atoms with Gasteiger partial charge in [0, 0.05) is 24.7 Å². The number of fused-ring (bicyclic) bond motifs is 1. The van der Waals surface area contributed by atoms with Gasteiger partial charge in [-0.2, -0.15) is 0 Å². The van der Waals surface area contributed by atoms with Crippen LogP contribution in [0.3, 0.4) is 0 Å². The van der Waals surface area contributed by atoms with Gasteiger partial charge in [0.05, 0.1) is 17.2 Å². The Hall–Kier alpha value is -2.49. The highest BCUT2D eigenvalue weighted by Crippen LogP contribution is 2.34. The van der Waals surface area contributed by atoms with E-state index < -0.39 is 22.5 Å². The van der Waals surface area contributed by atoms with Gasteiger partial charge in [0.2, 0.25) is 5.91 Å². The molecule has 1 aliphatic rings. The van der Waals surface area contributed by atoms with Crippen LogP contribution < -0.4 is 19.1 Å². The Bertz CT molecular complexity index is 982. The Kier molecular flexibility index (Phi) is 6.83. The molecule has 3 rings (SSSR count). The van der Waals surface area contributed by atoms with E-state index in [1.807, 2.05) is 0 Å². The first-order valence-corrected chi connectivity index (χ1v) is 10.7. The predicted octanol–water partition coefficient (Wildman–Crippen LogP) is 2.07. The lowest BCUT2D eigenvalue weighted by molar-refractivity contribution is -0.119. The Morgan fingerprint density at radius 3 is 2.66 bits per heavy atom. The molecule has 0 fully saturated rings. The quantitative estimate of drug-likeness (QED) is 0.631. The van der Waals surface area contributed by atoms with Crippen LogP contribution in [0, 0.1) is 0 Å². The average Bonchev–Trinajstić information content (AvgIpc) is 2.71. The van der Waals surface area contributed by atoms with Crippen molar-refractivity contribution in [3.05, 3.63) is 47.5 Å². The highest BCUT2D eigenvalue weighted by molar-refractivity contribution is 7.92. The molecule has 0 unspecified atom stereocenters. The molecule has 2 aromatic rings. The summed E-state index contributed by atoms with van der Waals surface area (Å²) in [5, 5.41) is 2.98. The summed E-state index contributed by atoms with van der Waals surface area (Å²) < 4.78 is 43.6. The third-order valence-corrected chi connectivity index (χ3v) is 6.12. The summed E-state index contributed by atoms with van der Waals surface area (Å²) in [7, 11) is -2.57. The number of ether oxygens (including phenoxy) is 3. The van der Waals surface area contributed by atoms with Crippen LogP contribution in [0.15, 0.2) is 47.4 Å². The third-order valence-electron chi connectivity index (χ3n) is 4.11. The lowest BCUT2D eigenvalue weighted by Gasteiger charge is -2.25. The van der Waals surface area contributed by atoms with Gasteiger partial charge in [-0.05, 0) is 30.3 Å². The lowest BCUT2D eigenvalue weighted by Crippen LogP contribution is -2.41. The molecule has 156 valence electrons. The summed E-state index contributed by atoms with van der Waals surface area (Å²) in [4.78, 5) is 12.3. The van der Waals surface area contributed by atoms with Gasteiger partial charge >= 0.3 is 0 Å². The van der Waals surface area contributed by atoms with Gasteiger partial charge in [-0.1, -0.05) is 17.7 Å². The van der Waals surface area contributed by atoms with Gasteiger partial charge in [-0.25, -0.2) is 8.42 Å². The second kappa shape index (κ2) is 9.34. The first-order chi connectivity index (χ1) is 13.9. The summed E-state index contributed by atoms with van der Waals surface area (Å²) in [6, 6.07) is 10.7. The summed E-state index contributed by atoms with van der Waals surface area (Å²) >= 11 is 6.04. The van der Waals surface area contributed by atoms with Crippen molar-refractivity contribution in [1.29, 1.82) is 0 Å². The molecule has 2 aromatic carbocycles. The minimum absolute atomic E-state index is 0.0218. The maximum Gasteiger partial charge on any atom is 0.264 e. The minimum atomic E-state index is -4.08. The minimum Gasteiger partial charge on any atom is -0.486 e. The van der Waals surface area contributed by atoms with Crippen LogP contribution in [-0.2, 0) is 19.6 Å². The Morgan fingerprint density at radius 2 is 1.93 bits per heavy atom. The monoisotopic (exact) mass is 440 g/mol. The molecule has 0 aliphatic carbocycles. The van der Waals surface area contributed by atoms with E-state index in [1.54, 1.807) is 18.2 Å². The standard InChI is InChI=1S/C19H21ClN2O6S/c1-26-8-7-21-19(23)13-22(15-4-2-3-14(20)11-15)29(24,25)16-5-6-17-18(12-16)28-10-9-27-17/h2-6,11-12H,7-10,13H2,1H3,(H,21,23). The van der Waals surface area contributed by atoms with Gasteiger partial charge in [0.1, 0.15) is 19.8 Å². The zero-order valence-electron chi connectivity index (χ0n) is 15.8. The number of methoxy groups -OCH3 is 1. The number of hydrogen-bond donors (Lipinski definition) is 1. The van der Waals surface area contributed by atoms with E-state index in [0.29, 0.717) is 36.3 Å². The van der Waals surface area contributed by atoms with Gasteiger partial charge in [-0.3, -0.25) is 9.10 Å². The normalized spacial score (nSPS) is 13.0. The van der Waals surface area contributed by atoms with E-state index >= 15 is 0 Å².